The quantitative estimate of drug-likeness (QED) is 0.922. The largest absolute Gasteiger partial charge is 0.354 e. The summed E-state index contributed by atoms with van der Waals surface area (Å²) < 4.78 is 26.5. The van der Waals surface area contributed by atoms with Gasteiger partial charge >= 0.3 is 0 Å². The molecule has 0 amide bonds. The Labute approximate surface area is 128 Å². The van der Waals surface area contributed by atoms with Gasteiger partial charge in [-0.1, -0.05) is 30.3 Å². The molecule has 1 aromatic carbocycles. The van der Waals surface area contributed by atoms with Crippen LogP contribution in [0.5, 0.6) is 0 Å². The number of hydrogen-bond donors (Lipinski definition) is 1. The maximum Gasteiger partial charge on any atom is 0.266 e. The van der Waals surface area contributed by atoms with Crippen molar-refractivity contribution in [1.82, 2.24) is 9.97 Å². The Kier molecular flexibility index (Phi) is 4.18. The van der Waals surface area contributed by atoms with E-state index < -0.39 is 5.92 Å². The van der Waals surface area contributed by atoms with Gasteiger partial charge in [-0.2, -0.15) is 4.98 Å². The van der Waals surface area contributed by atoms with Gasteiger partial charge in [0.15, 0.2) is 0 Å². The van der Waals surface area contributed by atoms with Gasteiger partial charge in [0.25, 0.3) is 5.92 Å². The van der Waals surface area contributed by atoms with E-state index in [9.17, 15) is 8.78 Å². The number of halogens is 2. The fourth-order valence-electron chi connectivity index (χ4n) is 2.51. The number of benzene rings is 1. The molecule has 1 saturated heterocycles. The van der Waals surface area contributed by atoms with Crippen LogP contribution in [0.3, 0.4) is 0 Å². The second-order valence-corrected chi connectivity index (χ2v) is 5.43. The first-order valence-corrected chi connectivity index (χ1v) is 7.36. The van der Waals surface area contributed by atoms with Crippen molar-refractivity contribution in [1.29, 1.82) is 0 Å². The molecule has 2 aromatic rings. The van der Waals surface area contributed by atoms with Crippen molar-refractivity contribution in [3.63, 3.8) is 0 Å². The van der Waals surface area contributed by atoms with Crippen molar-refractivity contribution in [3.05, 3.63) is 48.2 Å². The molecule has 0 aliphatic carbocycles. The molecule has 4 nitrogen and oxygen atoms in total. The van der Waals surface area contributed by atoms with E-state index in [4.69, 9.17) is 0 Å². The molecule has 0 unspecified atom stereocenters. The Morgan fingerprint density at radius 1 is 1.18 bits per heavy atom. The highest BCUT2D eigenvalue weighted by molar-refractivity contribution is 5.44. The number of hydrogen-bond acceptors (Lipinski definition) is 4. The molecule has 0 spiro atoms. The number of rotatable bonds is 5. The number of nitrogens with zero attached hydrogens (tertiary/aromatic N) is 3. The molecule has 0 atom stereocenters. The van der Waals surface area contributed by atoms with Gasteiger partial charge in [-0.15, -0.1) is 0 Å². The van der Waals surface area contributed by atoms with Crippen LogP contribution in [0.1, 0.15) is 12.0 Å². The van der Waals surface area contributed by atoms with Crippen molar-refractivity contribution in [2.75, 3.05) is 29.9 Å². The average Bonchev–Trinajstić information content (AvgIpc) is 2.89. The summed E-state index contributed by atoms with van der Waals surface area (Å²) in [5.41, 5.74) is 1.23. The molecular weight excluding hydrogens is 286 g/mol. The van der Waals surface area contributed by atoms with Crippen LogP contribution in [-0.2, 0) is 6.42 Å². The van der Waals surface area contributed by atoms with Crippen molar-refractivity contribution in [2.45, 2.75) is 18.8 Å². The molecule has 0 saturated carbocycles. The van der Waals surface area contributed by atoms with Crippen molar-refractivity contribution in [2.24, 2.45) is 0 Å². The van der Waals surface area contributed by atoms with Crippen LogP contribution in [0, 0.1) is 0 Å². The van der Waals surface area contributed by atoms with Crippen LogP contribution in [0.25, 0.3) is 0 Å². The number of nitrogens with one attached hydrogen (secondary N) is 1. The molecule has 116 valence electrons. The van der Waals surface area contributed by atoms with Crippen molar-refractivity contribution < 1.29 is 8.78 Å². The van der Waals surface area contributed by atoms with Crippen molar-refractivity contribution in [3.8, 4) is 0 Å². The van der Waals surface area contributed by atoms with E-state index in [1.807, 2.05) is 18.2 Å². The number of anilines is 2. The molecular formula is C16H18F2N4. The van der Waals surface area contributed by atoms with Crippen LogP contribution in [0.2, 0.25) is 0 Å². The Balaban J connectivity index is 1.57. The van der Waals surface area contributed by atoms with E-state index in [0.717, 1.165) is 6.42 Å². The number of aromatic nitrogens is 2. The Morgan fingerprint density at radius 2 is 2.00 bits per heavy atom. The van der Waals surface area contributed by atoms with Gasteiger partial charge in [-0.3, -0.25) is 0 Å². The highest BCUT2D eigenvalue weighted by Crippen LogP contribution is 2.29. The zero-order chi connectivity index (χ0) is 15.4. The van der Waals surface area contributed by atoms with Gasteiger partial charge in [-0.25, -0.2) is 13.8 Å². The topological polar surface area (TPSA) is 41.1 Å². The van der Waals surface area contributed by atoms with Gasteiger partial charge in [-0.05, 0) is 18.1 Å². The van der Waals surface area contributed by atoms with Crippen molar-refractivity contribution >= 4 is 11.8 Å². The maximum atomic E-state index is 13.3. The lowest BCUT2D eigenvalue weighted by Gasteiger charge is -2.17. The fourth-order valence-corrected chi connectivity index (χ4v) is 2.51. The predicted molar refractivity (Wildman–Crippen MR) is 82.4 cm³/mol. The van der Waals surface area contributed by atoms with E-state index >= 15 is 0 Å². The summed E-state index contributed by atoms with van der Waals surface area (Å²) in [6.07, 6.45) is 2.34. The molecule has 1 aromatic heterocycles. The lowest BCUT2D eigenvalue weighted by molar-refractivity contribution is 0.0256. The Morgan fingerprint density at radius 3 is 2.73 bits per heavy atom. The maximum absolute atomic E-state index is 13.3. The molecule has 2 heterocycles. The molecule has 1 aliphatic rings. The summed E-state index contributed by atoms with van der Waals surface area (Å²) in [5, 5.41) is 3.14. The third kappa shape index (κ3) is 3.69. The molecule has 6 heteroatoms. The molecule has 1 aliphatic heterocycles. The SMILES string of the molecule is FC1(F)CCN(c2ccnc(NCCc3ccccc3)n2)C1. The first-order chi connectivity index (χ1) is 10.6. The van der Waals surface area contributed by atoms with Gasteiger partial charge < -0.3 is 10.2 Å². The predicted octanol–water partition coefficient (Wildman–Crippen LogP) is 2.98. The summed E-state index contributed by atoms with van der Waals surface area (Å²) >= 11 is 0. The lowest BCUT2D eigenvalue weighted by atomic mass is 10.1. The zero-order valence-corrected chi connectivity index (χ0v) is 12.2. The van der Waals surface area contributed by atoms with E-state index in [1.54, 1.807) is 17.2 Å². The summed E-state index contributed by atoms with van der Waals surface area (Å²) in [4.78, 5) is 10.1. The van der Waals surface area contributed by atoms with Gasteiger partial charge in [0.2, 0.25) is 5.95 Å². The van der Waals surface area contributed by atoms with Crippen LogP contribution in [-0.4, -0.2) is 35.5 Å². The van der Waals surface area contributed by atoms with Gasteiger partial charge in [0.05, 0.1) is 6.54 Å². The minimum atomic E-state index is -2.62. The van der Waals surface area contributed by atoms with Crippen LogP contribution < -0.4 is 10.2 Å². The second-order valence-electron chi connectivity index (χ2n) is 5.43. The third-order valence-corrected chi connectivity index (χ3v) is 3.67. The lowest BCUT2D eigenvalue weighted by Crippen LogP contribution is -2.25. The molecule has 0 bridgehead atoms. The summed E-state index contributed by atoms with van der Waals surface area (Å²) in [6.45, 7) is 0.755. The number of alkyl halides is 2. The normalized spacial score (nSPS) is 16.7. The average molecular weight is 304 g/mol. The highest BCUT2D eigenvalue weighted by Gasteiger charge is 2.38. The second kappa shape index (κ2) is 6.25. The standard InChI is InChI=1S/C16H18F2N4/c17-16(18)8-11-22(12-16)14-7-10-20-15(21-14)19-9-6-13-4-2-1-3-5-13/h1-5,7,10H,6,8-9,11-12H2,(H,19,20,21). The highest BCUT2D eigenvalue weighted by atomic mass is 19.3. The van der Waals surface area contributed by atoms with Gasteiger partial charge in [0.1, 0.15) is 5.82 Å². The molecule has 1 N–H and O–H groups in total. The van der Waals surface area contributed by atoms with Gasteiger partial charge in [0, 0.05) is 25.7 Å². The Bertz CT molecular complexity index is 619. The monoisotopic (exact) mass is 304 g/mol. The third-order valence-electron chi connectivity index (χ3n) is 3.67. The van der Waals surface area contributed by atoms with E-state index in [0.29, 0.717) is 24.9 Å². The Hall–Kier alpha value is -2.24. The summed E-state index contributed by atoms with van der Waals surface area (Å²) in [7, 11) is 0. The fraction of sp³-hybridized carbons (Fsp3) is 0.375. The smallest absolute Gasteiger partial charge is 0.266 e. The summed E-state index contributed by atoms with van der Waals surface area (Å²) in [6, 6.07) is 11.8. The molecule has 1 fully saturated rings. The first kappa shape index (κ1) is 14.7. The summed E-state index contributed by atoms with van der Waals surface area (Å²) in [5.74, 6) is -1.59. The van der Waals surface area contributed by atoms with Crippen LogP contribution >= 0.6 is 0 Å². The van der Waals surface area contributed by atoms with E-state index in [2.05, 4.69) is 27.4 Å². The zero-order valence-electron chi connectivity index (χ0n) is 12.2. The van der Waals surface area contributed by atoms with Crippen LogP contribution in [0.15, 0.2) is 42.6 Å². The van der Waals surface area contributed by atoms with Crippen LogP contribution in [0.4, 0.5) is 20.5 Å². The molecule has 22 heavy (non-hydrogen) atoms. The van der Waals surface area contributed by atoms with E-state index in [1.165, 1.54) is 5.56 Å². The minimum Gasteiger partial charge on any atom is -0.354 e. The minimum absolute atomic E-state index is 0.117. The van der Waals surface area contributed by atoms with E-state index in [-0.39, 0.29) is 13.0 Å². The molecule has 3 rings (SSSR count). The molecule has 0 radical (unpaired) electrons. The first-order valence-electron chi connectivity index (χ1n) is 7.36.